The highest BCUT2D eigenvalue weighted by Gasteiger charge is 2.20. The van der Waals surface area contributed by atoms with E-state index in [1.165, 1.54) is 101 Å². The zero-order chi connectivity index (χ0) is 23.1. The molecule has 1 aliphatic carbocycles. The van der Waals surface area contributed by atoms with Crippen molar-refractivity contribution in [1.29, 1.82) is 0 Å². The van der Waals surface area contributed by atoms with Crippen LogP contribution in [0.3, 0.4) is 0 Å². The molecular weight excluding hydrogens is 402 g/mol. The van der Waals surface area contributed by atoms with Gasteiger partial charge in [0.2, 0.25) is 0 Å². The van der Waals surface area contributed by atoms with Gasteiger partial charge in [0.25, 0.3) is 0 Å². The van der Waals surface area contributed by atoms with Gasteiger partial charge >= 0.3 is 0 Å². The highest BCUT2D eigenvalue weighted by Crippen LogP contribution is 2.34. The Hall–Kier alpha value is -1.83. The van der Waals surface area contributed by atoms with Crippen molar-refractivity contribution < 1.29 is 4.74 Å². The third-order valence-electron chi connectivity index (χ3n) is 7.53. The van der Waals surface area contributed by atoms with E-state index in [0.29, 0.717) is 0 Å². The maximum atomic E-state index is 5.83. The Bertz CT molecular complexity index is 743. The van der Waals surface area contributed by atoms with Crippen LogP contribution in [0.5, 0.6) is 5.75 Å². The van der Waals surface area contributed by atoms with Gasteiger partial charge in [-0.05, 0) is 48.8 Å². The summed E-state index contributed by atoms with van der Waals surface area (Å²) in [6.45, 7) is 5.33. The smallest absolute Gasteiger partial charge is 0.137 e. The third-order valence-corrected chi connectivity index (χ3v) is 7.53. The molecule has 33 heavy (non-hydrogen) atoms. The van der Waals surface area contributed by atoms with Crippen LogP contribution in [0.4, 0.5) is 0 Å². The molecule has 3 rings (SSSR count). The fourth-order valence-corrected chi connectivity index (χ4v) is 5.24. The predicted octanol–water partition coefficient (Wildman–Crippen LogP) is 9.42. The molecule has 2 heteroatoms. The zero-order valence-electron chi connectivity index (χ0n) is 21.4. The van der Waals surface area contributed by atoms with Crippen LogP contribution >= 0.6 is 0 Å². The van der Waals surface area contributed by atoms with Crippen LogP contribution < -0.4 is 4.74 Å². The molecular formula is C31H47NO. The first-order valence-corrected chi connectivity index (χ1v) is 14.0. The molecule has 2 nitrogen and oxygen atoms in total. The number of rotatable bonds is 15. The van der Waals surface area contributed by atoms with Crippen LogP contribution in [0, 0.1) is 11.8 Å². The third kappa shape index (κ3) is 9.51. The topological polar surface area (TPSA) is 22.1 Å². The van der Waals surface area contributed by atoms with E-state index in [2.05, 4.69) is 55.2 Å². The Kier molecular flexibility index (Phi) is 11.8. The summed E-state index contributed by atoms with van der Waals surface area (Å²) in [5.74, 6) is 2.83. The quantitative estimate of drug-likeness (QED) is 0.253. The second kappa shape index (κ2) is 15.1. The normalized spacial score (nSPS) is 18.4. The van der Waals surface area contributed by atoms with Gasteiger partial charge in [-0.15, -0.1) is 0 Å². The van der Waals surface area contributed by atoms with Crippen LogP contribution in [-0.2, 0) is 6.42 Å². The van der Waals surface area contributed by atoms with E-state index in [1.54, 1.807) is 0 Å². The van der Waals surface area contributed by atoms with Crippen molar-refractivity contribution in [3.8, 4) is 17.0 Å². The lowest BCUT2D eigenvalue weighted by Gasteiger charge is -2.28. The summed E-state index contributed by atoms with van der Waals surface area (Å²) in [5.41, 5.74) is 3.68. The number of pyridine rings is 1. The minimum Gasteiger partial charge on any atom is -0.492 e. The first-order valence-electron chi connectivity index (χ1n) is 14.0. The Morgan fingerprint density at radius 1 is 0.727 bits per heavy atom. The summed E-state index contributed by atoms with van der Waals surface area (Å²) < 4.78 is 5.83. The number of ether oxygens (including phenoxy) is 1. The summed E-state index contributed by atoms with van der Waals surface area (Å²) in [7, 11) is 0. The molecule has 0 amide bonds. The van der Waals surface area contributed by atoms with E-state index in [0.717, 1.165) is 36.3 Å². The maximum Gasteiger partial charge on any atom is 0.137 e. The summed E-state index contributed by atoms with van der Waals surface area (Å²) in [5, 5.41) is 0. The van der Waals surface area contributed by atoms with E-state index in [1.807, 2.05) is 6.20 Å². The van der Waals surface area contributed by atoms with Gasteiger partial charge in [0.1, 0.15) is 5.75 Å². The van der Waals surface area contributed by atoms with Crippen LogP contribution in [0.2, 0.25) is 0 Å². The molecule has 2 aromatic rings. The molecule has 1 aromatic heterocycles. The molecule has 1 aliphatic rings. The molecule has 1 heterocycles. The van der Waals surface area contributed by atoms with Gasteiger partial charge in [0, 0.05) is 5.56 Å². The summed E-state index contributed by atoms with van der Waals surface area (Å²) in [4.78, 5) is 4.63. The largest absolute Gasteiger partial charge is 0.492 e. The molecule has 182 valence electrons. The van der Waals surface area contributed by atoms with Gasteiger partial charge in [0.15, 0.2) is 0 Å². The lowest BCUT2D eigenvalue weighted by molar-refractivity contribution is 0.249. The van der Waals surface area contributed by atoms with Crippen LogP contribution in [0.15, 0.2) is 42.6 Å². The number of hydrogen-bond donors (Lipinski definition) is 0. The molecule has 0 bridgehead atoms. The van der Waals surface area contributed by atoms with E-state index in [9.17, 15) is 0 Å². The van der Waals surface area contributed by atoms with Gasteiger partial charge in [-0.2, -0.15) is 0 Å². The highest BCUT2D eigenvalue weighted by molar-refractivity contribution is 5.59. The number of hydrogen-bond acceptors (Lipinski definition) is 2. The van der Waals surface area contributed by atoms with E-state index in [4.69, 9.17) is 4.74 Å². The molecule has 0 unspecified atom stereocenters. The number of unbranched alkanes of at least 4 members (excludes halogenated alkanes) is 6. The van der Waals surface area contributed by atoms with E-state index in [-0.39, 0.29) is 0 Å². The fraction of sp³-hybridized carbons (Fsp3) is 0.645. The predicted molar refractivity (Wildman–Crippen MR) is 142 cm³/mol. The lowest BCUT2D eigenvalue weighted by atomic mass is 9.77. The number of aromatic nitrogens is 1. The number of aryl methyl sites for hydroxylation is 1. The Labute approximate surface area is 203 Å². The molecule has 1 aromatic carbocycles. The van der Waals surface area contributed by atoms with Crippen molar-refractivity contribution in [3.05, 3.63) is 48.2 Å². The fourth-order valence-electron chi connectivity index (χ4n) is 5.24. The first kappa shape index (κ1) is 25.8. The summed E-state index contributed by atoms with van der Waals surface area (Å²) in [6.07, 6.45) is 22.3. The molecule has 0 N–H and O–H groups in total. The van der Waals surface area contributed by atoms with Crippen LogP contribution in [0.25, 0.3) is 11.3 Å². The van der Waals surface area contributed by atoms with Crippen molar-refractivity contribution in [2.24, 2.45) is 11.8 Å². The Morgan fingerprint density at radius 2 is 1.39 bits per heavy atom. The second-order valence-electron chi connectivity index (χ2n) is 10.3. The molecule has 0 radical (unpaired) electrons. The number of benzene rings is 1. The first-order chi connectivity index (χ1) is 16.3. The molecule has 0 atom stereocenters. The van der Waals surface area contributed by atoms with Gasteiger partial charge in [-0.25, -0.2) is 0 Å². The van der Waals surface area contributed by atoms with E-state index >= 15 is 0 Å². The van der Waals surface area contributed by atoms with Crippen molar-refractivity contribution in [2.75, 3.05) is 6.61 Å². The molecule has 1 saturated carbocycles. The molecule has 1 fully saturated rings. The lowest BCUT2D eigenvalue weighted by Crippen LogP contribution is -2.15. The van der Waals surface area contributed by atoms with Crippen LogP contribution in [0.1, 0.15) is 109 Å². The minimum atomic E-state index is 0.788. The Balaban J connectivity index is 1.35. The van der Waals surface area contributed by atoms with Crippen molar-refractivity contribution in [3.63, 3.8) is 0 Å². The van der Waals surface area contributed by atoms with Crippen molar-refractivity contribution >= 4 is 0 Å². The van der Waals surface area contributed by atoms with E-state index < -0.39 is 0 Å². The minimum absolute atomic E-state index is 0.788. The van der Waals surface area contributed by atoms with Gasteiger partial charge in [-0.1, -0.05) is 115 Å². The van der Waals surface area contributed by atoms with Crippen molar-refractivity contribution in [1.82, 2.24) is 4.98 Å². The van der Waals surface area contributed by atoms with Gasteiger partial charge in [0.05, 0.1) is 18.5 Å². The second-order valence-corrected chi connectivity index (χ2v) is 10.3. The standard InChI is InChI=1S/C31H47NO/c1-3-5-7-9-11-26-12-14-27(15-13-26)16-17-28-18-20-29(21-19-28)31-23-22-30(25-32-31)33-24-10-8-6-4-2/h18-23,25-27H,3-17,24H2,1-2H3/t26-,27-. The van der Waals surface area contributed by atoms with Crippen molar-refractivity contribution in [2.45, 2.75) is 110 Å². The average Bonchev–Trinajstić information content (AvgIpc) is 2.87. The average molecular weight is 450 g/mol. The summed E-state index contributed by atoms with van der Waals surface area (Å²) in [6, 6.07) is 13.2. The van der Waals surface area contributed by atoms with Gasteiger partial charge < -0.3 is 4.74 Å². The number of nitrogens with zero attached hydrogens (tertiary/aromatic N) is 1. The van der Waals surface area contributed by atoms with Gasteiger partial charge in [-0.3, -0.25) is 4.98 Å². The summed E-state index contributed by atoms with van der Waals surface area (Å²) >= 11 is 0. The molecule has 0 aliphatic heterocycles. The zero-order valence-corrected chi connectivity index (χ0v) is 21.4. The highest BCUT2D eigenvalue weighted by atomic mass is 16.5. The Morgan fingerprint density at radius 3 is 2.03 bits per heavy atom. The monoisotopic (exact) mass is 449 g/mol. The molecule has 0 saturated heterocycles. The van der Waals surface area contributed by atoms with Crippen LogP contribution in [-0.4, -0.2) is 11.6 Å². The maximum absolute atomic E-state index is 5.83. The SMILES string of the molecule is CCCCCCOc1ccc(-c2ccc(CC[C@H]3CC[C@H](CCCCCC)CC3)cc2)nc1. The molecule has 0 spiro atoms.